The van der Waals surface area contributed by atoms with Crippen molar-refractivity contribution in [2.45, 2.75) is 13.3 Å². The van der Waals surface area contributed by atoms with Gasteiger partial charge in [0.2, 0.25) is 5.91 Å². The highest BCUT2D eigenvalue weighted by Gasteiger charge is 2.12. The van der Waals surface area contributed by atoms with E-state index in [2.05, 4.69) is 9.97 Å². The van der Waals surface area contributed by atoms with Crippen LogP contribution in [0.4, 0.5) is 0 Å². The number of aromatic nitrogens is 2. The van der Waals surface area contributed by atoms with Gasteiger partial charge >= 0.3 is 0 Å². The summed E-state index contributed by atoms with van der Waals surface area (Å²) in [6.45, 7) is 1.74. The molecule has 1 N–H and O–H groups in total. The van der Waals surface area contributed by atoms with Crippen molar-refractivity contribution < 1.29 is 14.3 Å². The van der Waals surface area contributed by atoms with Crippen molar-refractivity contribution in [1.29, 1.82) is 0 Å². The third-order valence-electron chi connectivity index (χ3n) is 4.12. The summed E-state index contributed by atoms with van der Waals surface area (Å²) in [6.07, 6.45) is 0.202. The fourth-order valence-electron chi connectivity index (χ4n) is 2.71. The molecule has 7 heteroatoms. The van der Waals surface area contributed by atoms with Gasteiger partial charge in [0.25, 0.3) is 5.56 Å². The minimum absolute atomic E-state index is 0.0378. The van der Waals surface area contributed by atoms with Crippen LogP contribution in [-0.4, -0.2) is 42.0 Å². The Labute approximate surface area is 156 Å². The molecule has 2 aromatic carbocycles. The lowest BCUT2D eigenvalue weighted by Crippen LogP contribution is -2.23. The van der Waals surface area contributed by atoms with Crippen molar-refractivity contribution in [2.75, 3.05) is 21.2 Å². The summed E-state index contributed by atoms with van der Waals surface area (Å²) in [5.41, 5.74) is 1.12. The number of aryl methyl sites for hydroxylation is 1. The van der Waals surface area contributed by atoms with Gasteiger partial charge in [-0.1, -0.05) is 0 Å². The van der Waals surface area contributed by atoms with Crippen LogP contribution in [0.2, 0.25) is 0 Å². The van der Waals surface area contributed by atoms with E-state index in [1.165, 1.54) is 4.90 Å². The molecule has 140 valence electrons. The van der Waals surface area contributed by atoms with E-state index in [0.29, 0.717) is 34.0 Å². The third kappa shape index (κ3) is 4.08. The lowest BCUT2D eigenvalue weighted by molar-refractivity contribution is -0.127. The van der Waals surface area contributed by atoms with Crippen LogP contribution in [0.1, 0.15) is 11.4 Å². The molecule has 7 nitrogen and oxygen atoms in total. The van der Waals surface area contributed by atoms with E-state index < -0.39 is 0 Å². The lowest BCUT2D eigenvalue weighted by atomic mass is 10.1. The molecule has 0 bridgehead atoms. The van der Waals surface area contributed by atoms with Gasteiger partial charge in [-0.15, -0.1) is 0 Å². The van der Waals surface area contributed by atoms with E-state index in [0.717, 1.165) is 5.56 Å². The molecule has 27 heavy (non-hydrogen) atoms. The number of hydrogen-bond donors (Lipinski definition) is 1. The molecule has 1 aromatic heterocycles. The molecule has 0 unspecified atom stereocenters. The maximum atomic E-state index is 12.1. The number of nitrogens with zero attached hydrogens (tertiary/aromatic N) is 2. The average Bonchev–Trinajstić information content (AvgIpc) is 2.62. The Morgan fingerprint density at radius 2 is 1.85 bits per heavy atom. The Balaban J connectivity index is 1.92. The van der Waals surface area contributed by atoms with E-state index in [1.54, 1.807) is 64.5 Å². The fraction of sp³-hybridized carbons (Fsp3) is 0.250. The average molecular weight is 367 g/mol. The largest absolute Gasteiger partial charge is 0.496 e. The molecule has 1 amide bonds. The van der Waals surface area contributed by atoms with Crippen LogP contribution in [-0.2, 0) is 11.2 Å². The van der Waals surface area contributed by atoms with Gasteiger partial charge in [-0.3, -0.25) is 9.59 Å². The molecule has 0 saturated heterocycles. The van der Waals surface area contributed by atoms with Crippen LogP contribution in [0, 0.1) is 6.92 Å². The Bertz CT molecular complexity index is 1060. The molecule has 1 heterocycles. The Kier molecular flexibility index (Phi) is 5.12. The first-order chi connectivity index (χ1) is 12.9. The standard InChI is InChI=1S/C20H21N3O4/c1-12-21-17-7-5-15(11-16(17)20(25)22-12)27-14-6-8-18(26-4)13(9-14)10-19(24)23(2)3/h5-9,11H,10H2,1-4H3,(H,21,22,25). The molecule has 0 aliphatic carbocycles. The number of nitrogens with one attached hydrogen (secondary N) is 1. The number of H-pyrrole nitrogens is 1. The summed E-state index contributed by atoms with van der Waals surface area (Å²) in [6, 6.07) is 10.4. The van der Waals surface area contributed by atoms with Crippen molar-refractivity contribution in [3.8, 4) is 17.2 Å². The van der Waals surface area contributed by atoms with Crippen molar-refractivity contribution in [3.63, 3.8) is 0 Å². The summed E-state index contributed by atoms with van der Waals surface area (Å²) in [7, 11) is 4.97. The van der Waals surface area contributed by atoms with E-state index in [9.17, 15) is 9.59 Å². The predicted octanol–water partition coefficient (Wildman–Crippen LogP) is 2.66. The zero-order valence-corrected chi connectivity index (χ0v) is 15.7. The number of methoxy groups -OCH3 is 1. The maximum absolute atomic E-state index is 12.1. The Hall–Kier alpha value is -3.35. The van der Waals surface area contributed by atoms with Gasteiger partial charge in [0.1, 0.15) is 23.1 Å². The molecule has 0 radical (unpaired) electrons. The smallest absolute Gasteiger partial charge is 0.258 e. The number of fused-ring (bicyclic) bond motifs is 1. The summed E-state index contributed by atoms with van der Waals surface area (Å²) >= 11 is 0. The first-order valence-electron chi connectivity index (χ1n) is 8.43. The Morgan fingerprint density at radius 1 is 1.15 bits per heavy atom. The van der Waals surface area contributed by atoms with Crippen LogP contribution in [0.5, 0.6) is 17.2 Å². The number of hydrogen-bond acceptors (Lipinski definition) is 5. The van der Waals surface area contributed by atoms with Gasteiger partial charge in [0, 0.05) is 19.7 Å². The number of likely N-dealkylation sites (N-methyl/N-ethyl adjacent to an activating group) is 1. The monoisotopic (exact) mass is 367 g/mol. The Morgan fingerprint density at radius 3 is 2.56 bits per heavy atom. The molecular formula is C20H21N3O4. The summed E-state index contributed by atoms with van der Waals surface area (Å²) in [5, 5.41) is 0.453. The summed E-state index contributed by atoms with van der Waals surface area (Å²) in [5.74, 6) is 2.20. The van der Waals surface area contributed by atoms with E-state index in [4.69, 9.17) is 9.47 Å². The minimum Gasteiger partial charge on any atom is -0.496 e. The molecule has 0 atom stereocenters. The number of ether oxygens (including phenoxy) is 2. The second-order valence-electron chi connectivity index (χ2n) is 6.37. The highest BCUT2D eigenvalue weighted by molar-refractivity contribution is 5.80. The van der Waals surface area contributed by atoms with Gasteiger partial charge < -0.3 is 19.4 Å². The highest BCUT2D eigenvalue weighted by atomic mass is 16.5. The van der Waals surface area contributed by atoms with E-state index in [-0.39, 0.29) is 17.9 Å². The zero-order chi connectivity index (χ0) is 19.6. The second-order valence-corrected chi connectivity index (χ2v) is 6.37. The summed E-state index contributed by atoms with van der Waals surface area (Å²) < 4.78 is 11.2. The SMILES string of the molecule is COc1ccc(Oc2ccc3nc(C)[nH]c(=O)c3c2)cc1CC(=O)N(C)C. The van der Waals surface area contributed by atoms with E-state index >= 15 is 0 Å². The number of carbonyl (C=O) groups excluding carboxylic acids is 1. The van der Waals surface area contributed by atoms with Crippen LogP contribution in [0.15, 0.2) is 41.2 Å². The number of benzene rings is 2. The van der Waals surface area contributed by atoms with Gasteiger partial charge in [-0.2, -0.15) is 0 Å². The highest BCUT2D eigenvalue weighted by Crippen LogP contribution is 2.29. The molecule has 3 rings (SSSR count). The van der Waals surface area contributed by atoms with Crippen molar-refractivity contribution in [3.05, 3.63) is 58.1 Å². The number of rotatable bonds is 5. The van der Waals surface area contributed by atoms with Crippen LogP contribution in [0.3, 0.4) is 0 Å². The number of aromatic amines is 1. The first-order valence-corrected chi connectivity index (χ1v) is 8.43. The zero-order valence-electron chi connectivity index (χ0n) is 15.7. The molecule has 3 aromatic rings. The number of carbonyl (C=O) groups is 1. The molecule has 0 fully saturated rings. The van der Waals surface area contributed by atoms with E-state index in [1.807, 2.05) is 0 Å². The molecule has 0 spiro atoms. The number of amides is 1. The minimum atomic E-state index is -0.213. The third-order valence-corrected chi connectivity index (χ3v) is 4.12. The van der Waals surface area contributed by atoms with Gasteiger partial charge in [-0.25, -0.2) is 4.98 Å². The summed E-state index contributed by atoms with van der Waals surface area (Å²) in [4.78, 5) is 32.7. The van der Waals surface area contributed by atoms with Crippen LogP contribution >= 0.6 is 0 Å². The molecule has 0 aliphatic heterocycles. The van der Waals surface area contributed by atoms with Crippen molar-refractivity contribution in [1.82, 2.24) is 14.9 Å². The van der Waals surface area contributed by atoms with Crippen LogP contribution in [0.25, 0.3) is 10.9 Å². The van der Waals surface area contributed by atoms with Gasteiger partial charge in [-0.05, 0) is 43.3 Å². The molecular weight excluding hydrogens is 346 g/mol. The van der Waals surface area contributed by atoms with Gasteiger partial charge in [0.15, 0.2) is 0 Å². The lowest BCUT2D eigenvalue weighted by Gasteiger charge is -2.14. The molecule has 0 saturated carbocycles. The van der Waals surface area contributed by atoms with Gasteiger partial charge in [0.05, 0.1) is 24.4 Å². The van der Waals surface area contributed by atoms with Crippen LogP contribution < -0.4 is 15.0 Å². The molecule has 0 aliphatic rings. The van der Waals surface area contributed by atoms with Crippen molar-refractivity contribution in [2.24, 2.45) is 0 Å². The fourth-order valence-corrected chi connectivity index (χ4v) is 2.71. The first kappa shape index (κ1) is 18.4. The van der Waals surface area contributed by atoms with Crippen molar-refractivity contribution >= 4 is 16.8 Å². The quantitative estimate of drug-likeness (QED) is 0.749. The maximum Gasteiger partial charge on any atom is 0.258 e. The topological polar surface area (TPSA) is 84.5 Å². The second kappa shape index (κ2) is 7.49. The normalized spacial score (nSPS) is 10.7. The predicted molar refractivity (Wildman–Crippen MR) is 103 cm³/mol.